The fourth-order valence-electron chi connectivity index (χ4n) is 9.62. The summed E-state index contributed by atoms with van der Waals surface area (Å²) in [6.45, 7) is 6.44. The molecule has 6 nitrogen and oxygen atoms in total. The molecule has 6 heteroatoms. The minimum atomic E-state index is -0.787. The fraction of sp³-hybridized carbons (Fsp3) is 0.697. The van der Waals surface area contributed by atoms with E-state index in [4.69, 9.17) is 14.2 Å². The van der Waals surface area contributed by atoms with Gasteiger partial charge >= 0.3 is 17.9 Å². The van der Waals surface area contributed by atoms with Crippen LogP contribution in [-0.2, 0) is 28.6 Å². The smallest absolute Gasteiger partial charge is 0.306 e. The Bertz CT molecular complexity index is 1690. The predicted octanol–water partition coefficient (Wildman–Crippen LogP) is 23.9. The maximum absolute atomic E-state index is 12.9. The number of esters is 3. The van der Waals surface area contributed by atoms with Crippen molar-refractivity contribution in [2.24, 2.45) is 0 Å². The summed E-state index contributed by atoms with van der Waals surface area (Å²) in [6.07, 6.45) is 96.4. The first kappa shape index (κ1) is 77.8. The lowest BCUT2D eigenvalue weighted by atomic mass is 10.0. The van der Waals surface area contributed by atoms with Crippen LogP contribution in [0, 0.1) is 0 Å². The third-order valence-corrected chi connectivity index (χ3v) is 14.7. The Labute approximate surface area is 507 Å². The molecule has 468 valence electrons. The molecule has 0 saturated heterocycles. The van der Waals surface area contributed by atoms with E-state index >= 15 is 0 Å². The van der Waals surface area contributed by atoms with E-state index in [9.17, 15) is 14.4 Å². The molecule has 0 bridgehead atoms. The fourth-order valence-corrected chi connectivity index (χ4v) is 9.62. The summed E-state index contributed by atoms with van der Waals surface area (Å²) in [7, 11) is 0. The van der Waals surface area contributed by atoms with Crippen LogP contribution in [0.5, 0.6) is 0 Å². The average molecular weight is 1140 g/mol. The average Bonchev–Trinajstić information content (AvgIpc) is 3.47. The Morgan fingerprint density at radius 3 is 0.744 bits per heavy atom. The van der Waals surface area contributed by atoms with Crippen molar-refractivity contribution in [2.75, 3.05) is 13.2 Å². The molecule has 0 saturated carbocycles. The Hall–Kier alpha value is -4.19. The first-order valence-electron chi connectivity index (χ1n) is 34.5. The van der Waals surface area contributed by atoms with Gasteiger partial charge in [-0.1, -0.05) is 316 Å². The molecule has 0 aliphatic rings. The normalized spacial score (nSPS) is 12.9. The third-order valence-electron chi connectivity index (χ3n) is 14.7. The topological polar surface area (TPSA) is 78.9 Å². The predicted molar refractivity (Wildman–Crippen MR) is 357 cm³/mol. The van der Waals surface area contributed by atoms with Crippen molar-refractivity contribution in [3.8, 4) is 0 Å². The van der Waals surface area contributed by atoms with E-state index in [0.717, 1.165) is 128 Å². The van der Waals surface area contributed by atoms with E-state index in [1.54, 1.807) is 0 Å². The van der Waals surface area contributed by atoms with E-state index in [-0.39, 0.29) is 31.1 Å². The number of ether oxygens (including phenoxy) is 3. The number of unbranched alkanes of at least 4 members (excludes halogenated alkanes) is 31. The second-order valence-corrected chi connectivity index (χ2v) is 22.7. The van der Waals surface area contributed by atoms with Gasteiger partial charge in [0.1, 0.15) is 13.2 Å². The van der Waals surface area contributed by atoms with Crippen LogP contribution in [0.2, 0.25) is 0 Å². The Morgan fingerprint density at radius 1 is 0.256 bits per heavy atom. The second kappa shape index (κ2) is 69.3. The van der Waals surface area contributed by atoms with Crippen LogP contribution in [0.4, 0.5) is 0 Å². The van der Waals surface area contributed by atoms with Gasteiger partial charge in [0.05, 0.1) is 0 Å². The molecule has 0 aromatic heterocycles. The Kier molecular flexibility index (Phi) is 65.8. The minimum Gasteiger partial charge on any atom is -0.462 e. The highest BCUT2D eigenvalue weighted by Crippen LogP contribution is 2.17. The van der Waals surface area contributed by atoms with Gasteiger partial charge in [0.15, 0.2) is 6.10 Å². The number of rotatable bonds is 62. The molecule has 0 spiro atoms. The Morgan fingerprint density at radius 2 is 0.476 bits per heavy atom. The molecule has 0 rings (SSSR count). The van der Waals surface area contributed by atoms with E-state index in [2.05, 4.69) is 142 Å². The summed E-state index contributed by atoms with van der Waals surface area (Å²) >= 11 is 0. The second-order valence-electron chi connectivity index (χ2n) is 22.7. The molecule has 82 heavy (non-hydrogen) atoms. The van der Waals surface area contributed by atoms with Gasteiger partial charge in [-0.25, -0.2) is 0 Å². The third kappa shape index (κ3) is 66.6. The molecule has 1 atom stereocenters. The van der Waals surface area contributed by atoms with E-state index in [1.165, 1.54) is 154 Å². The molecule has 0 aliphatic carbocycles. The van der Waals surface area contributed by atoms with Crippen LogP contribution in [0.3, 0.4) is 0 Å². The van der Waals surface area contributed by atoms with Crippen LogP contribution >= 0.6 is 0 Å². The molecule has 0 fully saturated rings. The van der Waals surface area contributed by atoms with Gasteiger partial charge in [-0.3, -0.25) is 14.4 Å². The molecule has 0 radical (unpaired) electrons. The lowest BCUT2D eigenvalue weighted by Crippen LogP contribution is -2.30. The van der Waals surface area contributed by atoms with Crippen LogP contribution < -0.4 is 0 Å². The van der Waals surface area contributed by atoms with Crippen LogP contribution in [0.25, 0.3) is 0 Å². The molecule has 0 aromatic rings. The minimum absolute atomic E-state index is 0.0811. The van der Waals surface area contributed by atoms with Crippen molar-refractivity contribution in [2.45, 2.75) is 329 Å². The van der Waals surface area contributed by atoms with Crippen LogP contribution in [0.1, 0.15) is 323 Å². The van der Waals surface area contributed by atoms with Gasteiger partial charge in [0.25, 0.3) is 0 Å². The van der Waals surface area contributed by atoms with Gasteiger partial charge in [0.2, 0.25) is 0 Å². The summed E-state index contributed by atoms with van der Waals surface area (Å²) in [4.78, 5) is 38.4. The molecule has 1 unspecified atom stereocenters. The molecule has 0 N–H and O–H groups in total. The van der Waals surface area contributed by atoms with Crippen molar-refractivity contribution in [1.29, 1.82) is 0 Å². The van der Waals surface area contributed by atoms with Crippen molar-refractivity contribution in [1.82, 2.24) is 0 Å². The zero-order valence-corrected chi connectivity index (χ0v) is 53.7. The van der Waals surface area contributed by atoms with Gasteiger partial charge < -0.3 is 14.2 Å². The molecular weight excluding hydrogens is 1010 g/mol. The van der Waals surface area contributed by atoms with Crippen molar-refractivity contribution in [3.63, 3.8) is 0 Å². The van der Waals surface area contributed by atoms with Crippen molar-refractivity contribution >= 4 is 17.9 Å². The molecular formula is C76H128O6. The largest absolute Gasteiger partial charge is 0.462 e. The standard InChI is InChI=1S/C76H128O6/c1-4-7-10-13-16-19-22-25-28-30-32-34-35-36-37-38-39-40-41-43-44-46-48-51-54-57-60-63-66-69-75(78)81-72-73(71-80-74(77)68-65-62-59-56-53-50-27-24-21-18-15-12-9-6-3)82-76(79)70-67-64-61-58-55-52-49-47-45-42-33-31-29-26-23-20-17-14-11-8-5-2/h7-8,10-11,16-17,19-20,25-26,28-29,32-34,36-37,39-40,42,73H,4-6,9,12-15,18,21-24,27,30-31,35,38,41,43-72H2,1-3H3/b10-7-,11-8-,19-16-,20-17-,28-25-,29-26-,34-32-,37-36-,40-39-,42-33-. The Balaban J connectivity index is 4.33. The molecule has 0 aliphatic heterocycles. The van der Waals surface area contributed by atoms with E-state index < -0.39 is 6.10 Å². The van der Waals surface area contributed by atoms with Crippen molar-refractivity contribution < 1.29 is 28.6 Å². The van der Waals surface area contributed by atoms with Crippen LogP contribution in [0.15, 0.2) is 122 Å². The maximum atomic E-state index is 12.9. The first-order chi connectivity index (χ1) is 40.5. The van der Waals surface area contributed by atoms with Gasteiger partial charge in [0, 0.05) is 19.3 Å². The highest BCUT2D eigenvalue weighted by Gasteiger charge is 2.19. The summed E-state index contributed by atoms with van der Waals surface area (Å²) in [6, 6.07) is 0. The quantitative estimate of drug-likeness (QED) is 0.0261. The van der Waals surface area contributed by atoms with Gasteiger partial charge in [-0.15, -0.1) is 0 Å². The number of carbonyl (C=O) groups excluding carboxylic acids is 3. The van der Waals surface area contributed by atoms with Gasteiger partial charge in [-0.05, 0) is 109 Å². The number of hydrogen-bond donors (Lipinski definition) is 0. The van der Waals surface area contributed by atoms with Crippen molar-refractivity contribution in [3.05, 3.63) is 122 Å². The lowest BCUT2D eigenvalue weighted by Gasteiger charge is -2.18. The molecule has 0 heterocycles. The monoisotopic (exact) mass is 1140 g/mol. The number of hydrogen-bond acceptors (Lipinski definition) is 6. The van der Waals surface area contributed by atoms with E-state index in [1.807, 2.05) is 0 Å². The zero-order valence-electron chi connectivity index (χ0n) is 53.7. The number of carbonyl (C=O) groups is 3. The molecule has 0 amide bonds. The van der Waals surface area contributed by atoms with E-state index in [0.29, 0.717) is 19.3 Å². The van der Waals surface area contributed by atoms with Crippen LogP contribution in [-0.4, -0.2) is 37.2 Å². The summed E-state index contributed by atoms with van der Waals surface area (Å²) in [5.41, 5.74) is 0. The summed E-state index contributed by atoms with van der Waals surface area (Å²) in [5, 5.41) is 0. The number of allylic oxidation sites excluding steroid dienone is 20. The maximum Gasteiger partial charge on any atom is 0.306 e. The SMILES string of the molecule is CC/C=C\C/C=C\C/C=C\C/C=C\C/C=C\C/C=C\CCCCCCCCCCCCC(=O)OCC(COC(=O)CCCCCCCCCCCCCCCC)OC(=O)CCCCCCCCCC/C=C\C/C=C\C/C=C\C/C=C\CC. The zero-order chi connectivity index (χ0) is 59.2. The first-order valence-corrected chi connectivity index (χ1v) is 34.5. The molecule has 0 aromatic carbocycles. The summed E-state index contributed by atoms with van der Waals surface area (Å²) in [5.74, 6) is -0.882. The lowest BCUT2D eigenvalue weighted by molar-refractivity contribution is -0.167. The highest BCUT2D eigenvalue weighted by atomic mass is 16.6. The highest BCUT2D eigenvalue weighted by molar-refractivity contribution is 5.71. The summed E-state index contributed by atoms with van der Waals surface area (Å²) < 4.78 is 17.0. The van der Waals surface area contributed by atoms with Gasteiger partial charge in [-0.2, -0.15) is 0 Å².